The average molecular weight is 494 g/mol. The van der Waals surface area contributed by atoms with Crippen molar-refractivity contribution < 1.29 is 27.6 Å². The number of aryl methyl sites for hydroxylation is 1. The number of halogens is 1. The normalized spacial score (nSPS) is 11.1. The van der Waals surface area contributed by atoms with Gasteiger partial charge in [-0.2, -0.15) is 0 Å². The molecule has 0 unspecified atom stereocenters. The minimum absolute atomic E-state index is 0.0230. The molecule has 10 heteroatoms. The molecule has 0 aliphatic rings. The summed E-state index contributed by atoms with van der Waals surface area (Å²) in [5.41, 5.74) is -0.364. The van der Waals surface area contributed by atoms with Gasteiger partial charge in [-0.05, 0) is 24.3 Å². The Kier molecular flexibility index (Phi) is 5.84. The second kappa shape index (κ2) is 9.11. The molecule has 0 saturated carbocycles. The maximum absolute atomic E-state index is 12.8. The van der Waals surface area contributed by atoms with E-state index in [4.69, 9.17) is 34.4 Å². The summed E-state index contributed by atoms with van der Waals surface area (Å²) in [5.74, 6) is 0.516. The Labute approximate surface area is 201 Å². The molecular weight excluding hydrogens is 478 g/mol. The lowest BCUT2D eigenvalue weighted by Gasteiger charge is -2.09. The quantitative estimate of drug-likeness (QED) is 0.187. The monoisotopic (exact) mass is 493 g/mol. The van der Waals surface area contributed by atoms with Crippen molar-refractivity contribution in [2.45, 2.75) is 12.8 Å². The Morgan fingerprint density at radius 1 is 1.03 bits per heavy atom. The summed E-state index contributed by atoms with van der Waals surface area (Å²) in [6.45, 7) is 0. The number of hydrogen-bond acceptors (Lipinski definition) is 9. The van der Waals surface area contributed by atoms with Crippen molar-refractivity contribution in [1.29, 1.82) is 0 Å². The minimum Gasteiger partial charge on any atom is -0.493 e. The van der Waals surface area contributed by atoms with E-state index in [1.807, 2.05) is 0 Å². The Bertz CT molecular complexity index is 1700. The van der Waals surface area contributed by atoms with Crippen molar-refractivity contribution in [2.24, 2.45) is 0 Å². The highest BCUT2D eigenvalue weighted by atomic mass is 35.5. The highest BCUT2D eigenvalue weighted by Gasteiger charge is 2.16. The number of hydrogen-bond donors (Lipinski definition) is 0. The molecule has 3 heterocycles. The number of ether oxygens (including phenoxy) is 2. The summed E-state index contributed by atoms with van der Waals surface area (Å²) in [5, 5.41) is 4.84. The van der Waals surface area contributed by atoms with Crippen molar-refractivity contribution in [3.63, 3.8) is 0 Å². The minimum atomic E-state index is -0.677. The first-order valence-electron chi connectivity index (χ1n) is 10.4. The van der Waals surface area contributed by atoms with Crippen LogP contribution in [0.2, 0.25) is 5.15 Å². The smallest absolute Gasteiger partial charge is 0.344 e. The fourth-order valence-corrected chi connectivity index (χ4v) is 3.87. The Hall–Kier alpha value is -4.37. The topological polar surface area (TPSA) is 122 Å². The third-order valence-corrected chi connectivity index (χ3v) is 5.47. The fourth-order valence-electron chi connectivity index (χ4n) is 3.71. The van der Waals surface area contributed by atoms with Gasteiger partial charge in [0, 0.05) is 41.0 Å². The zero-order valence-electron chi connectivity index (χ0n) is 18.2. The first-order chi connectivity index (χ1) is 16.9. The number of rotatable bonds is 6. The van der Waals surface area contributed by atoms with Crippen molar-refractivity contribution >= 4 is 39.5 Å². The first-order valence-corrected chi connectivity index (χ1v) is 10.8. The van der Waals surface area contributed by atoms with Crippen molar-refractivity contribution in [3.8, 4) is 22.6 Å². The standard InChI is InChI=1S/C25H16ClNO8/c1-31-19-4-2-3-13-9-18(25(30)34-24(13)19)17-12-23(29)33-20-10-14(5-7-16(17)20)32-22(28)8-6-15-11-21(26)27-35-15/h2-5,7,9-12H,6,8H2,1H3. The van der Waals surface area contributed by atoms with E-state index in [-0.39, 0.29) is 34.9 Å². The molecule has 0 fully saturated rings. The van der Waals surface area contributed by atoms with Gasteiger partial charge in [-0.1, -0.05) is 28.9 Å². The lowest BCUT2D eigenvalue weighted by Crippen LogP contribution is -2.09. The molecule has 176 valence electrons. The van der Waals surface area contributed by atoms with Gasteiger partial charge >= 0.3 is 17.2 Å². The molecule has 35 heavy (non-hydrogen) atoms. The van der Waals surface area contributed by atoms with E-state index in [1.165, 1.54) is 25.3 Å². The number of benzene rings is 2. The molecule has 0 bridgehead atoms. The number of para-hydroxylation sites is 1. The maximum Gasteiger partial charge on any atom is 0.344 e. The van der Waals surface area contributed by atoms with E-state index in [0.29, 0.717) is 33.4 Å². The van der Waals surface area contributed by atoms with Crippen LogP contribution in [-0.2, 0) is 11.2 Å². The summed E-state index contributed by atoms with van der Waals surface area (Å²) in [4.78, 5) is 37.3. The third-order valence-electron chi connectivity index (χ3n) is 5.29. The van der Waals surface area contributed by atoms with Crippen LogP contribution in [0.25, 0.3) is 33.1 Å². The zero-order chi connectivity index (χ0) is 24.5. The van der Waals surface area contributed by atoms with Crippen LogP contribution >= 0.6 is 11.6 Å². The molecule has 0 atom stereocenters. The number of carbonyl (C=O) groups is 1. The lowest BCUT2D eigenvalue weighted by atomic mass is 10.0. The highest BCUT2D eigenvalue weighted by Crippen LogP contribution is 2.31. The second-order valence-electron chi connectivity index (χ2n) is 7.55. The number of fused-ring (bicyclic) bond motifs is 2. The Morgan fingerprint density at radius 2 is 1.89 bits per heavy atom. The summed E-state index contributed by atoms with van der Waals surface area (Å²) in [6, 6.07) is 14.1. The molecule has 0 radical (unpaired) electrons. The molecule has 0 saturated heterocycles. The molecule has 5 rings (SSSR count). The first kappa shape index (κ1) is 22.4. The lowest BCUT2D eigenvalue weighted by molar-refractivity contribution is -0.134. The SMILES string of the molecule is COc1cccc2cc(-c3cc(=O)oc4cc(OC(=O)CCc5cc(Cl)no5)ccc34)c(=O)oc12. The Balaban J connectivity index is 1.48. The number of aromatic nitrogens is 1. The average Bonchev–Trinajstić information content (AvgIpc) is 3.26. The van der Waals surface area contributed by atoms with Crippen molar-refractivity contribution in [2.75, 3.05) is 7.11 Å². The van der Waals surface area contributed by atoms with Gasteiger partial charge in [-0.25, -0.2) is 9.59 Å². The van der Waals surface area contributed by atoms with E-state index < -0.39 is 17.2 Å². The van der Waals surface area contributed by atoms with Crippen LogP contribution in [0.1, 0.15) is 12.2 Å². The van der Waals surface area contributed by atoms with E-state index in [2.05, 4.69) is 5.16 Å². The molecule has 9 nitrogen and oxygen atoms in total. The van der Waals surface area contributed by atoms with Crippen LogP contribution in [0.3, 0.4) is 0 Å². The summed E-state index contributed by atoms with van der Waals surface area (Å²) in [6.07, 6.45) is 0.281. The van der Waals surface area contributed by atoms with Crippen molar-refractivity contribution in [1.82, 2.24) is 5.16 Å². The third kappa shape index (κ3) is 4.53. The highest BCUT2D eigenvalue weighted by molar-refractivity contribution is 6.29. The van der Waals surface area contributed by atoms with E-state index in [9.17, 15) is 14.4 Å². The van der Waals surface area contributed by atoms with Crippen LogP contribution in [-0.4, -0.2) is 18.2 Å². The molecular formula is C25H16ClNO8. The van der Waals surface area contributed by atoms with Crippen LogP contribution in [0.4, 0.5) is 0 Å². The molecule has 3 aromatic heterocycles. The van der Waals surface area contributed by atoms with Crippen LogP contribution in [0.5, 0.6) is 11.5 Å². The zero-order valence-corrected chi connectivity index (χ0v) is 19.0. The molecule has 0 amide bonds. The van der Waals surface area contributed by atoms with Gasteiger partial charge in [0.2, 0.25) is 0 Å². The van der Waals surface area contributed by atoms with Crippen molar-refractivity contribution in [3.05, 3.63) is 86.4 Å². The van der Waals surface area contributed by atoms with Gasteiger partial charge in [-0.3, -0.25) is 4.79 Å². The summed E-state index contributed by atoms with van der Waals surface area (Å²) < 4.78 is 26.4. The van der Waals surface area contributed by atoms with E-state index >= 15 is 0 Å². The molecule has 0 aliphatic carbocycles. The van der Waals surface area contributed by atoms with Crippen LogP contribution in [0, 0.1) is 0 Å². The predicted molar refractivity (Wildman–Crippen MR) is 126 cm³/mol. The summed E-state index contributed by atoms with van der Waals surface area (Å²) in [7, 11) is 1.48. The van der Waals surface area contributed by atoms with Gasteiger partial charge in [0.05, 0.1) is 19.1 Å². The van der Waals surface area contributed by atoms with E-state index in [1.54, 1.807) is 36.4 Å². The number of carbonyl (C=O) groups excluding carboxylic acids is 1. The molecule has 2 aromatic carbocycles. The van der Waals surface area contributed by atoms with Gasteiger partial charge < -0.3 is 22.8 Å². The van der Waals surface area contributed by atoms with E-state index in [0.717, 1.165) is 0 Å². The second-order valence-corrected chi connectivity index (χ2v) is 7.94. The van der Waals surface area contributed by atoms with Crippen LogP contribution < -0.4 is 20.7 Å². The van der Waals surface area contributed by atoms with Crippen LogP contribution in [0.15, 0.2) is 77.5 Å². The fraction of sp³-hybridized carbons (Fsp3) is 0.120. The van der Waals surface area contributed by atoms with Gasteiger partial charge in [0.15, 0.2) is 16.5 Å². The molecule has 0 spiro atoms. The van der Waals surface area contributed by atoms with Gasteiger partial charge in [-0.15, -0.1) is 0 Å². The van der Waals surface area contributed by atoms with Gasteiger partial charge in [0.25, 0.3) is 0 Å². The number of esters is 1. The molecule has 5 aromatic rings. The predicted octanol–water partition coefficient (Wildman–Crippen LogP) is 4.75. The maximum atomic E-state index is 12.8. The largest absolute Gasteiger partial charge is 0.493 e. The summed E-state index contributed by atoms with van der Waals surface area (Å²) >= 11 is 5.69. The molecule has 0 aliphatic heterocycles. The Morgan fingerprint density at radius 3 is 2.66 bits per heavy atom. The number of nitrogens with zero attached hydrogens (tertiary/aromatic N) is 1. The van der Waals surface area contributed by atoms with Gasteiger partial charge in [0.1, 0.15) is 17.1 Å². The number of methoxy groups -OCH3 is 1. The molecule has 0 N–H and O–H groups in total.